The van der Waals surface area contributed by atoms with E-state index in [9.17, 15) is 0 Å². The Kier molecular flexibility index (Phi) is 4.62. The molecule has 2 atom stereocenters. The second-order valence-electron chi connectivity index (χ2n) is 8.31. The summed E-state index contributed by atoms with van der Waals surface area (Å²) >= 11 is 0. The number of benzene rings is 1. The minimum Gasteiger partial charge on any atom is -0.385 e. The van der Waals surface area contributed by atoms with Crippen molar-refractivity contribution >= 4 is 16.5 Å². The molecular weight excluding hydrogens is 334 g/mol. The molecule has 2 fully saturated rings. The van der Waals surface area contributed by atoms with Crippen LogP contribution in [0.1, 0.15) is 43.4 Å². The predicted octanol–water partition coefficient (Wildman–Crippen LogP) is 4.30. The van der Waals surface area contributed by atoms with E-state index in [-0.39, 0.29) is 0 Å². The van der Waals surface area contributed by atoms with Crippen molar-refractivity contribution in [2.24, 2.45) is 11.8 Å². The van der Waals surface area contributed by atoms with E-state index >= 15 is 0 Å². The molecule has 0 amide bonds. The Bertz CT molecular complexity index is 890. The molecular formula is C23H29N3O. The average molecular weight is 364 g/mol. The molecule has 2 aromatic rings. The lowest BCUT2D eigenvalue weighted by Gasteiger charge is -2.06. The molecule has 1 heterocycles. The van der Waals surface area contributed by atoms with Gasteiger partial charge in [0.15, 0.2) is 0 Å². The third-order valence-electron chi connectivity index (χ3n) is 6.15. The lowest BCUT2D eigenvalue weighted by Crippen LogP contribution is -2.15. The fourth-order valence-corrected chi connectivity index (χ4v) is 4.31. The normalized spacial score (nSPS) is 24.0. The van der Waals surface area contributed by atoms with Gasteiger partial charge in [-0.25, -0.2) is 0 Å². The van der Waals surface area contributed by atoms with E-state index in [1.54, 1.807) is 7.11 Å². The Labute approximate surface area is 161 Å². The molecule has 0 radical (unpaired) electrons. The first-order valence-corrected chi connectivity index (χ1v) is 10.4. The van der Waals surface area contributed by atoms with E-state index in [4.69, 9.17) is 9.84 Å². The summed E-state index contributed by atoms with van der Waals surface area (Å²) in [5.74, 6) is 1.52. The molecule has 142 valence electrons. The molecule has 4 heteroatoms. The number of nitrogens with zero attached hydrogens (tertiary/aromatic N) is 2. The summed E-state index contributed by atoms with van der Waals surface area (Å²) in [6, 6.07) is 7.64. The smallest absolute Gasteiger partial charge is 0.0964 e. The molecule has 0 saturated heterocycles. The number of hydrogen-bond donors (Lipinski definition) is 1. The highest BCUT2D eigenvalue weighted by Crippen LogP contribution is 2.52. The number of allylic oxidation sites excluding steroid dienone is 4. The first-order valence-electron chi connectivity index (χ1n) is 10.4. The van der Waals surface area contributed by atoms with Crippen molar-refractivity contribution in [3.05, 3.63) is 47.7 Å². The van der Waals surface area contributed by atoms with E-state index < -0.39 is 0 Å². The summed E-state index contributed by atoms with van der Waals surface area (Å²) in [4.78, 5) is 0. The molecule has 27 heavy (non-hydrogen) atoms. The Hall–Kier alpha value is -1.91. The fraction of sp³-hybridized carbons (Fsp3) is 0.522. The van der Waals surface area contributed by atoms with E-state index in [0.29, 0.717) is 5.92 Å². The molecule has 2 saturated carbocycles. The topological polar surface area (TPSA) is 39.1 Å². The number of rotatable bonds is 8. The molecule has 1 aromatic heterocycles. The van der Waals surface area contributed by atoms with Crippen LogP contribution in [0.4, 0.5) is 0 Å². The Morgan fingerprint density at radius 2 is 2.22 bits per heavy atom. The highest BCUT2D eigenvalue weighted by molar-refractivity contribution is 5.92. The highest BCUT2D eigenvalue weighted by atomic mass is 16.5. The van der Waals surface area contributed by atoms with Crippen molar-refractivity contribution in [1.29, 1.82) is 0 Å². The minimum absolute atomic E-state index is 0.696. The number of aromatic nitrogens is 2. The van der Waals surface area contributed by atoms with Gasteiger partial charge in [-0.2, -0.15) is 5.10 Å². The molecule has 1 N–H and O–H groups in total. The van der Waals surface area contributed by atoms with E-state index in [2.05, 4.69) is 46.4 Å². The van der Waals surface area contributed by atoms with Crippen LogP contribution < -0.4 is 5.32 Å². The molecule has 2 unspecified atom stereocenters. The second-order valence-corrected chi connectivity index (χ2v) is 8.31. The Morgan fingerprint density at radius 3 is 3.07 bits per heavy atom. The van der Waals surface area contributed by atoms with Gasteiger partial charge in [0.25, 0.3) is 0 Å². The average Bonchev–Trinajstić information content (AvgIpc) is 3.58. The van der Waals surface area contributed by atoms with Crippen molar-refractivity contribution in [3.8, 4) is 0 Å². The van der Waals surface area contributed by atoms with E-state index in [1.807, 2.05) is 0 Å². The maximum atomic E-state index is 5.26. The number of ether oxygens (including phenoxy) is 1. The molecule has 3 aliphatic rings. The zero-order chi connectivity index (χ0) is 18.2. The monoisotopic (exact) mass is 363 g/mol. The lowest BCUT2D eigenvalue weighted by atomic mass is 10.0. The number of methoxy groups -OCH3 is 1. The van der Waals surface area contributed by atoms with Gasteiger partial charge in [-0.1, -0.05) is 30.4 Å². The molecule has 3 aliphatic carbocycles. The van der Waals surface area contributed by atoms with Crippen LogP contribution in [0.5, 0.6) is 0 Å². The van der Waals surface area contributed by atoms with Gasteiger partial charge in [-0.3, -0.25) is 4.68 Å². The maximum Gasteiger partial charge on any atom is 0.0964 e. The minimum atomic E-state index is 0.696. The first-order chi connectivity index (χ1) is 13.3. The standard InChI is InChI=1S/C23H29N3O/c1-27-12-4-11-26-22-13-16(15-24-18-8-9-18)7-10-20(22)23(25-26)19-6-3-2-5-17-14-21(17)19/h2-3,6-7,10,13,17-18,21,24H,4-5,8-9,11-12,14-15H2,1H3. The molecule has 5 rings (SSSR count). The number of aryl methyl sites for hydroxylation is 1. The number of fused-ring (bicyclic) bond motifs is 2. The van der Waals surface area contributed by atoms with Gasteiger partial charge in [0.05, 0.1) is 11.2 Å². The van der Waals surface area contributed by atoms with Crippen LogP contribution >= 0.6 is 0 Å². The summed E-state index contributed by atoms with van der Waals surface area (Å²) < 4.78 is 7.47. The summed E-state index contributed by atoms with van der Waals surface area (Å²) in [6.45, 7) is 2.63. The van der Waals surface area contributed by atoms with Gasteiger partial charge in [0, 0.05) is 38.2 Å². The van der Waals surface area contributed by atoms with Crippen molar-refractivity contribution in [2.45, 2.75) is 51.2 Å². The molecule has 0 aliphatic heterocycles. The van der Waals surface area contributed by atoms with Gasteiger partial charge in [0.2, 0.25) is 0 Å². The van der Waals surface area contributed by atoms with E-state index in [1.165, 1.54) is 53.4 Å². The summed E-state index contributed by atoms with van der Waals surface area (Å²) in [7, 11) is 1.77. The van der Waals surface area contributed by atoms with Crippen LogP contribution in [-0.2, 0) is 17.8 Å². The SMILES string of the molecule is COCCCn1nc(C2=CC=CCC3CC23)c2ccc(CNC3CC3)cc21. The zero-order valence-electron chi connectivity index (χ0n) is 16.2. The first kappa shape index (κ1) is 17.2. The van der Waals surface area contributed by atoms with Crippen LogP contribution in [0.3, 0.4) is 0 Å². The number of hydrogen-bond acceptors (Lipinski definition) is 3. The predicted molar refractivity (Wildman–Crippen MR) is 109 cm³/mol. The Morgan fingerprint density at radius 1 is 1.30 bits per heavy atom. The zero-order valence-corrected chi connectivity index (χ0v) is 16.2. The van der Waals surface area contributed by atoms with Crippen LogP contribution in [0.2, 0.25) is 0 Å². The van der Waals surface area contributed by atoms with Gasteiger partial charge in [-0.15, -0.1) is 0 Å². The summed E-state index contributed by atoms with van der Waals surface area (Å²) in [5, 5.41) is 10.0. The van der Waals surface area contributed by atoms with Crippen molar-refractivity contribution in [3.63, 3.8) is 0 Å². The van der Waals surface area contributed by atoms with Gasteiger partial charge < -0.3 is 10.1 Å². The van der Waals surface area contributed by atoms with Gasteiger partial charge in [0.1, 0.15) is 0 Å². The maximum absolute atomic E-state index is 5.26. The largest absolute Gasteiger partial charge is 0.385 e. The third-order valence-corrected chi connectivity index (χ3v) is 6.15. The van der Waals surface area contributed by atoms with Crippen LogP contribution in [0.25, 0.3) is 16.5 Å². The molecule has 1 aromatic carbocycles. The van der Waals surface area contributed by atoms with Crippen LogP contribution in [0, 0.1) is 11.8 Å². The fourth-order valence-electron chi connectivity index (χ4n) is 4.31. The van der Waals surface area contributed by atoms with Crippen LogP contribution in [-0.4, -0.2) is 29.5 Å². The van der Waals surface area contributed by atoms with Crippen molar-refractivity contribution < 1.29 is 4.74 Å². The highest BCUT2D eigenvalue weighted by Gasteiger charge is 2.41. The molecule has 0 spiro atoms. The summed E-state index contributed by atoms with van der Waals surface area (Å²) in [6.07, 6.45) is 13.0. The Balaban J connectivity index is 1.50. The quantitative estimate of drug-likeness (QED) is 0.711. The van der Waals surface area contributed by atoms with Crippen molar-refractivity contribution in [2.75, 3.05) is 13.7 Å². The number of nitrogens with one attached hydrogen (secondary N) is 1. The molecule has 4 nitrogen and oxygen atoms in total. The van der Waals surface area contributed by atoms with Gasteiger partial charge in [-0.05, 0) is 61.1 Å². The molecule has 0 bridgehead atoms. The van der Waals surface area contributed by atoms with Gasteiger partial charge >= 0.3 is 0 Å². The lowest BCUT2D eigenvalue weighted by molar-refractivity contribution is 0.189. The third kappa shape index (κ3) is 3.61. The second kappa shape index (κ2) is 7.25. The van der Waals surface area contributed by atoms with Crippen molar-refractivity contribution in [1.82, 2.24) is 15.1 Å². The summed E-state index contributed by atoms with van der Waals surface area (Å²) in [5.41, 5.74) is 5.26. The van der Waals surface area contributed by atoms with E-state index in [0.717, 1.165) is 38.1 Å². The van der Waals surface area contributed by atoms with Crippen LogP contribution in [0.15, 0.2) is 36.4 Å².